The Morgan fingerprint density at radius 1 is 1.31 bits per heavy atom. The molecule has 29 heavy (non-hydrogen) atoms. The van der Waals surface area contributed by atoms with E-state index in [4.69, 9.17) is 32.0 Å². The highest BCUT2D eigenvalue weighted by atomic mass is 35.5. The van der Waals surface area contributed by atoms with Crippen LogP contribution in [0.25, 0.3) is 0 Å². The highest BCUT2D eigenvalue weighted by Crippen LogP contribution is 2.23. The second kappa shape index (κ2) is 12.2. The Labute approximate surface area is 171 Å². The molecular formula is C18H25ClF4N2O4. The van der Waals surface area contributed by atoms with Crippen molar-refractivity contribution in [2.24, 2.45) is 11.7 Å². The van der Waals surface area contributed by atoms with Crippen molar-refractivity contribution in [1.29, 1.82) is 0 Å². The lowest BCUT2D eigenvalue weighted by Crippen LogP contribution is -2.40. The molecule has 0 heterocycles. The van der Waals surface area contributed by atoms with Crippen molar-refractivity contribution in [1.82, 2.24) is 5.32 Å². The van der Waals surface area contributed by atoms with Crippen LogP contribution in [0.15, 0.2) is 18.2 Å². The van der Waals surface area contributed by atoms with E-state index in [-0.39, 0.29) is 11.6 Å². The Bertz CT molecular complexity index is 641. The maximum absolute atomic E-state index is 13.3. The van der Waals surface area contributed by atoms with Crippen LogP contribution in [0.5, 0.6) is 5.75 Å². The van der Waals surface area contributed by atoms with E-state index < -0.39 is 24.1 Å². The molecule has 0 radical (unpaired) electrons. The number of ether oxygens (including phenoxy) is 1. The van der Waals surface area contributed by atoms with Gasteiger partial charge in [-0.25, -0.2) is 9.18 Å². The second-order valence-corrected chi connectivity index (χ2v) is 7.11. The van der Waals surface area contributed by atoms with E-state index in [9.17, 15) is 22.7 Å². The van der Waals surface area contributed by atoms with E-state index in [2.05, 4.69) is 5.32 Å². The molecule has 1 unspecified atom stereocenters. The van der Waals surface area contributed by atoms with Gasteiger partial charge in [-0.15, -0.1) is 0 Å². The SMILES string of the molecule is NCC1CCC(NCC(O)COc2ccc(Cl)c(F)c2)CC1.O=C(O)C(F)(F)F. The zero-order chi connectivity index (χ0) is 22.0. The summed E-state index contributed by atoms with van der Waals surface area (Å²) in [5.74, 6) is -2.27. The minimum absolute atomic E-state index is 0.0580. The lowest BCUT2D eigenvalue weighted by Gasteiger charge is -2.29. The van der Waals surface area contributed by atoms with Crippen molar-refractivity contribution >= 4 is 17.6 Å². The number of carboxylic acid groups (broad SMARTS) is 1. The number of alkyl halides is 3. The monoisotopic (exact) mass is 444 g/mol. The average molecular weight is 445 g/mol. The number of aliphatic hydroxyl groups is 1. The quantitative estimate of drug-likeness (QED) is 0.482. The molecule has 1 atom stereocenters. The molecule has 0 bridgehead atoms. The number of carbonyl (C=O) groups is 1. The maximum Gasteiger partial charge on any atom is 0.490 e. The molecule has 1 aromatic rings. The Hall–Kier alpha value is -1.62. The van der Waals surface area contributed by atoms with Gasteiger partial charge in [0.05, 0.1) is 5.02 Å². The fraction of sp³-hybridized carbons (Fsp3) is 0.611. The minimum atomic E-state index is -5.08. The number of aliphatic hydroxyl groups excluding tert-OH is 1. The van der Waals surface area contributed by atoms with Crippen LogP contribution >= 0.6 is 11.6 Å². The van der Waals surface area contributed by atoms with Crippen LogP contribution < -0.4 is 15.8 Å². The van der Waals surface area contributed by atoms with E-state index in [1.807, 2.05) is 0 Å². The third kappa shape index (κ3) is 10.1. The standard InChI is InChI=1S/C16H24ClFN2O2.C2HF3O2/c17-15-6-5-14(7-16(15)18)22-10-13(21)9-20-12-3-1-11(8-19)2-4-12;3-2(4,5)1(6)7/h5-7,11-13,20-21H,1-4,8-10,19H2;(H,6,7). The highest BCUT2D eigenvalue weighted by Gasteiger charge is 2.38. The van der Waals surface area contributed by atoms with Gasteiger partial charge in [0.15, 0.2) is 0 Å². The van der Waals surface area contributed by atoms with Crippen LogP contribution in [0.2, 0.25) is 5.02 Å². The number of nitrogens with one attached hydrogen (secondary N) is 1. The maximum atomic E-state index is 13.3. The van der Waals surface area contributed by atoms with Crippen LogP contribution in [-0.4, -0.2) is 54.2 Å². The summed E-state index contributed by atoms with van der Waals surface area (Å²) in [5, 5.41) is 20.5. The molecule has 1 aliphatic rings. The smallest absolute Gasteiger partial charge is 0.490 e. The molecule has 0 saturated heterocycles. The predicted octanol–water partition coefficient (Wildman–Crippen LogP) is 2.96. The summed E-state index contributed by atoms with van der Waals surface area (Å²) in [6.45, 7) is 1.35. The summed E-state index contributed by atoms with van der Waals surface area (Å²) in [7, 11) is 0. The first-order valence-electron chi connectivity index (χ1n) is 9.02. The number of hydrogen-bond donors (Lipinski definition) is 4. The van der Waals surface area contributed by atoms with Gasteiger partial charge >= 0.3 is 12.1 Å². The molecule has 1 fully saturated rings. The van der Waals surface area contributed by atoms with Gasteiger partial charge in [0.2, 0.25) is 0 Å². The molecule has 2 rings (SSSR count). The number of hydrogen-bond acceptors (Lipinski definition) is 5. The normalized spacial score (nSPS) is 20.4. The number of halogens is 5. The Morgan fingerprint density at radius 3 is 2.38 bits per heavy atom. The van der Waals surface area contributed by atoms with Crippen molar-refractivity contribution in [2.45, 2.75) is 44.0 Å². The molecule has 11 heteroatoms. The van der Waals surface area contributed by atoms with Crippen molar-refractivity contribution in [3.63, 3.8) is 0 Å². The summed E-state index contributed by atoms with van der Waals surface area (Å²) in [6, 6.07) is 4.67. The first-order valence-corrected chi connectivity index (χ1v) is 9.40. The van der Waals surface area contributed by atoms with Gasteiger partial charge in [-0.2, -0.15) is 13.2 Å². The van der Waals surface area contributed by atoms with Crippen molar-refractivity contribution in [3.05, 3.63) is 29.0 Å². The van der Waals surface area contributed by atoms with Gasteiger partial charge in [-0.05, 0) is 50.3 Å². The third-order valence-corrected chi connectivity index (χ3v) is 4.70. The van der Waals surface area contributed by atoms with Crippen molar-refractivity contribution in [2.75, 3.05) is 19.7 Å². The Morgan fingerprint density at radius 2 is 1.90 bits per heavy atom. The summed E-state index contributed by atoms with van der Waals surface area (Å²) in [5.41, 5.74) is 5.67. The largest absolute Gasteiger partial charge is 0.491 e. The van der Waals surface area contributed by atoms with E-state index >= 15 is 0 Å². The summed E-state index contributed by atoms with van der Waals surface area (Å²) in [4.78, 5) is 8.90. The summed E-state index contributed by atoms with van der Waals surface area (Å²) in [6.07, 6.45) is -1.24. The number of aliphatic carboxylic acids is 1. The molecule has 0 amide bonds. The first kappa shape index (κ1) is 25.4. The van der Waals surface area contributed by atoms with Crippen molar-refractivity contribution < 1.29 is 37.3 Å². The fourth-order valence-corrected chi connectivity index (χ4v) is 2.84. The van der Waals surface area contributed by atoms with Gasteiger partial charge in [0.25, 0.3) is 0 Å². The highest BCUT2D eigenvalue weighted by molar-refractivity contribution is 6.30. The van der Waals surface area contributed by atoms with Gasteiger partial charge in [0, 0.05) is 18.7 Å². The molecule has 6 nitrogen and oxygen atoms in total. The van der Waals surface area contributed by atoms with Gasteiger partial charge in [0.1, 0.15) is 24.3 Å². The molecular weight excluding hydrogens is 420 g/mol. The van der Waals surface area contributed by atoms with Gasteiger partial charge < -0.3 is 26.0 Å². The molecule has 0 spiro atoms. The zero-order valence-corrected chi connectivity index (χ0v) is 16.3. The number of nitrogens with two attached hydrogens (primary N) is 1. The third-order valence-electron chi connectivity index (χ3n) is 4.40. The van der Waals surface area contributed by atoms with Gasteiger partial charge in [-0.3, -0.25) is 0 Å². The molecule has 1 aromatic carbocycles. The fourth-order valence-electron chi connectivity index (χ4n) is 2.72. The predicted molar refractivity (Wildman–Crippen MR) is 99.4 cm³/mol. The molecule has 0 aliphatic heterocycles. The van der Waals surface area contributed by atoms with E-state index in [1.165, 1.54) is 12.1 Å². The van der Waals surface area contributed by atoms with E-state index in [1.54, 1.807) is 6.07 Å². The van der Waals surface area contributed by atoms with E-state index in [0.717, 1.165) is 32.2 Å². The second-order valence-electron chi connectivity index (χ2n) is 6.71. The summed E-state index contributed by atoms with van der Waals surface area (Å²) < 4.78 is 50.4. The van der Waals surface area contributed by atoms with Crippen LogP contribution in [0, 0.1) is 11.7 Å². The number of carboxylic acids is 1. The van der Waals surface area contributed by atoms with Crippen LogP contribution in [0.3, 0.4) is 0 Å². The zero-order valence-electron chi connectivity index (χ0n) is 15.6. The average Bonchev–Trinajstić information content (AvgIpc) is 2.67. The lowest BCUT2D eigenvalue weighted by atomic mass is 9.86. The van der Waals surface area contributed by atoms with Crippen LogP contribution in [0.1, 0.15) is 25.7 Å². The number of benzene rings is 1. The van der Waals surface area contributed by atoms with Crippen molar-refractivity contribution in [3.8, 4) is 5.75 Å². The molecule has 1 saturated carbocycles. The molecule has 5 N–H and O–H groups in total. The first-order chi connectivity index (χ1) is 13.5. The number of rotatable bonds is 7. The molecule has 166 valence electrons. The van der Waals surface area contributed by atoms with Gasteiger partial charge in [-0.1, -0.05) is 11.6 Å². The van der Waals surface area contributed by atoms with Crippen LogP contribution in [-0.2, 0) is 4.79 Å². The Balaban J connectivity index is 0.000000516. The summed E-state index contributed by atoms with van der Waals surface area (Å²) >= 11 is 5.60. The topological polar surface area (TPSA) is 105 Å². The molecule has 1 aliphatic carbocycles. The molecule has 0 aromatic heterocycles. The Kier molecular flexibility index (Phi) is 10.7. The minimum Gasteiger partial charge on any atom is -0.491 e. The lowest BCUT2D eigenvalue weighted by molar-refractivity contribution is -0.192. The van der Waals surface area contributed by atoms with Crippen LogP contribution in [0.4, 0.5) is 17.6 Å². The van der Waals surface area contributed by atoms with E-state index in [0.29, 0.717) is 24.3 Å².